The van der Waals surface area contributed by atoms with Crippen molar-refractivity contribution in [2.75, 3.05) is 41.7 Å². The van der Waals surface area contributed by atoms with Crippen LogP contribution < -0.4 is 13.7 Å². The molecule has 0 atom stereocenters. The molecule has 0 aliphatic carbocycles. The Labute approximate surface area is 272 Å². The van der Waals surface area contributed by atoms with Gasteiger partial charge in [0.2, 0.25) is 0 Å². The minimum absolute atomic E-state index is 0.0269. The molecule has 0 saturated heterocycles. The molecule has 254 valence electrons. The fourth-order valence-electron chi connectivity index (χ4n) is 4.26. The second-order valence-corrected chi connectivity index (χ2v) is 11.6. The molecule has 2 heterocycles. The van der Waals surface area contributed by atoms with Gasteiger partial charge in [0.1, 0.15) is 28.6 Å². The van der Waals surface area contributed by atoms with Crippen molar-refractivity contribution in [2.24, 2.45) is 0 Å². The first kappa shape index (κ1) is 37.1. The van der Waals surface area contributed by atoms with E-state index in [1.165, 1.54) is 26.5 Å². The quantitative estimate of drug-likeness (QED) is 0.0885. The Morgan fingerprint density at radius 1 is 0.702 bits per heavy atom. The molecule has 1 N–H and O–H groups in total. The molecule has 0 aliphatic heterocycles. The van der Waals surface area contributed by atoms with E-state index >= 15 is 0 Å². The van der Waals surface area contributed by atoms with Crippen molar-refractivity contribution >= 4 is 10.1 Å². The summed E-state index contributed by atoms with van der Waals surface area (Å²) >= 11 is 0. The summed E-state index contributed by atoms with van der Waals surface area (Å²) < 4.78 is 85.6. The molecule has 2 aromatic heterocycles. The SMILES string of the molecule is COCCCc1cnc(-c2ccc(OC)cc2)c(O)c1.COCCCc1cnc(-c2ccc(OC)cc2)c(OS(=O)(=O)C(F)(F)F)c1. The zero-order valence-electron chi connectivity index (χ0n) is 26.4. The predicted molar refractivity (Wildman–Crippen MR) is 170 cm³/mol. The van der Waals surface area contributed by atoms with Gasteiger partial charge < -0.3 is 28.2 Å². The van der Waals surface area contributed by atoms with E-state index < -0.39 is 21.4 Å². The predicted octanol–water partition coefficient (Wildman–Crippen LogP) is 6.61. The van der Waals surface area contributed by atoms with Crippen molar-refractivity contribution in [3.05, 3.63) is 84.2 Å². The zero-order valence-corrected chi connectivity index (χ0v) is 27.2. The first-order valence-corrected chi connectivity index (χ1v) is 15.8. The van der Waals surface area contributed by atoms with E-state index in [9.17, 15) is 26.7 Å². The van der Waals surface area contributed by atoms with Gasteiger partial charge in [-0.2, -0.15) is 21.6 Å². The topological polar surface area (TPSA) is 126 Å². The molecule has 0 amide bonds. The van der Waals surface area contributed by atoms with Gasteiger partial charge in [-0.3, -0.25) is 9.97 Å². The van der Waals surface area contributed by atoms with Crippen molar-refractivity contribution in [3.63, 3.8) is 0 Å². The number of aromatic hydroxyl groups is 1. The highest BCUT2D eigenvalue weighted by atomic mass is 32.2. The van der Waals surface area contributed by atoms with Crippen LogP contribution in [-0.2, 0) is 32.4 Å². The van der Waals surface area contributed by atoms with E-state index in [2.05, 4.69) is 14.2 Å². The molecule has 0 spiro atoms. The van der Waals surface area contributed by atoms with E-state index in [4.69, 9.17) is 18.9 Å². The molecule has 0 fully saturated rings. The fourth-order valence-corrected chi connectivity index (χ4v) is 4.72. The number of pyridine rings is 2. The maximum Gasteiger partial charge on any atom is 0.534 e. The van der Waals surface area contributed by atoms with Crippen LogP contribution in [-0.4, -0.2) is 70.7 Å². The zero-order chi connectivity index (χ0) is 34.5. The molecular weight excluding hydrogens is 641 g/mol. The van der Waals surface area contributed by atoms with Gasteiger partial charge in [-0.05, 0) is 97.5 Å². The van der Waals surface area contributed by atoms with Crippen LogP contribution in [0.4, 0.5) is 13.2 Å². The van der Waals surface area contributed by atoms with Crippen molar-refractivity contribution in [1.29, 1.82) is 0 Å². The Morgan fingerprint density at radius 2 is 1.15 bits per heavy atom. The Kier molecular flexibility index (Phi) is 13.8. The van der Waals surface area contributed by atoms with E-state index in [1.54, 1.807) is 50.7 Å². The van der Waals surface area contributed by atoms with Gasteiger partial charge in [0.25, 0.3) is 0 Å². The Bertz CT molecular complexity index is 1670. The lowest BCUT2D eigenvalue weighted by Gasteiger charge is -2.14. The number of hydrogen-bond donors (Lipinski definition) is 1. The molecule has 0 saturated carbocycles. The number of hydrogen-bond acceptors (Lipinski definition) is 10. The summed E-state index contributed by atoms with van der Waals surface area (Å²) in [7, 11) is 0.470. The van der Waals surface area contributed by atoms with Crippen molar-refractivity contribution < 1.29 is 49.8 Å². The van der Waals surface area contributed by atoms with E-state index in [-0.39, 0.29) is 11.4 Å². The van der Waals surface area contributed by atoms with Gasteiger partial charge >= 0.3 is 15.6 Å². The highest BCUT2D eigenvalue weighted by molar-refractivity contribution is 7.88. The minimum Gasteiger partial charge on any atom is -0.506 e. The summed E-state index contributed by atoms with van der Waals surface area (Å²) in [6.07, 6.45) is 6.05. The lowest BCUT2D eigenvalue weighted by atomic mass is 10.1. The van der Waals surface area contributed by atoms with E-state index in [1.807, 2.05) is 24.3 Å². The molecule has 4 aromatic rings. The first-order chi connectivity index (χ1) is 22.4. The second-order valence-electron chi connectivity index (χ2n) is 10.0. The standard InChI is InChI=1S/C17H18F3NO5S.C16H19NO3/c1-24-9-3-4-12-10-15(26-27(22,23)17(18,19)20)16(21-11-12)13-5-7-14(25-2)8-6-13;1-19-9-3-4-12-10-15(18)16(17-11-12)13-5-7-14(20-2)8-6-13/h5-8,10-11H,3-4,9H2,1-2H3;5-8,10-11,18H,3-4,9H2,1-2H3. The molecular formula is C33H37F3N2O8S. The highest BCUT2D eigenvalue weighted by Crippen LogP contribution is 2.35. The molecule has 14 heteroatoms. The third kappa shape index (κ3) is 10.8. The first-order valence-electron chi connectivity index (χ1n) is 14.4. The van der Waals surface area contributed by atoms with E-state index in [0.29, 0.717) is 48.6 Å². The Morgan fingerprint density at radius 3 is 1.57 bits per heavy atom. The maximum atomic E-state index is 12.7. The number of halogens is 3. The van der Waals surface area contributed by atoms with Crippen LogP contribution in [0.5, 0.6) is 23.0 Å². The maximum absolute atomic E-state index is 12.7. The van der Waals surface area contributed by atoms with Gasteiger partial charge in [-0.25, -0.2) is 0 Å². The van der Waals surface area contributed by atoms with Crippen LogP contribution in [0.3, 0.4) is 0 Å². The largest absolute Gasteiger partial charge is 0.534 e. The number of aryl methyl sites for hydroxylation is 2. The molecule has 0 unspecified atom stereocenters. The number of rotatable bonds is 14. The molecule has 47 heavy (non-hydrogen) atoms. The number of benzene rings is 2. The number of ether oxygens (including phenoxy) is 4. The average molecular weight is 679 g/mol. The summed E-state index contributed by atoms with van der Waals surface area (Å²) in [5.41, 5.74) is -2.20. The molecule has 0 aliphatic rings. The summed E-state index contributed by atoms with van der Waals surface area (Å²) in [4.78, 5) is 8.46. The van der Waals surface area contributed by atoms with E-state index in [0.717, 1.165) is 29.7 Å². The second kappa shape index (κ2) is 17.5. The minimum atomic E-state index is -5.83. The molecule has 0 bridgehead atoms. The molecule has 10 nitrogen and oxygen atoms in total. The van der Waals surface area contributed by atoms with Crippen molar-refractivity contribution in [3.8, 4) is 45.5 Å². The molecule has 2 aromatic carbocycles. The number of alkyl halides is 3. The Hall–Kier alpha value is -4.40. The number of nitrogens with zero attached hydrogens (tertiary/aromatic N) is 2. The average Bonchev–Trinajstić information content (AvgIpc) is 3.05. The van der Waals surface area contributed by atoms with Gasteiger partial charge in [-0.1, -0.05) is 0 Å². The van der Waals surface area contributed by atoms with Crippen LogP contribution in [0.15, 0.2) is 73.1 Å². The van der Waals surface area contributed by atoms with Gasteiger partial charge in [0.15, 0.2) is 5.75 Å². The third-order valence-corrected chi connectivity index (χ3v) is 7.64. The van der Waals surface area contributed by atoms with Crippen LogP contribution in [0.25, 0.3) is 22.5 Å². The van der Waals surface area contributed by atoms with Gasteiger partial charge in [0, 0.05) is 51.0 Å². The van der Waals surface area contributed by atoms with Crippen molar-refractivity contribution in [2.45, 2.75) is 31.2 Å². The third-order valence-electron chi connectivity index (χ3n) is 6.67. The fraction of sp³-hybridized carbons (Fsp3) is 0.333. The monoisotopic (exact) mass is 678 g/mol. The van der Waals surface area contributed by atoms with Crippen molar-refractivity contribution in [1.82, 2.24) is 9.97 Å². The van der Waals surface area contributed by atoms with Crippen LogP contribution in [0, 0.1) is 0 Å². The number of methoxy groups -OCH3 is 4. The van der Waals surface area contributed by atoms with Crippen LogP contribution in [0.2, 0.25) is 0 Å². The van der Waals surface area contributed by atoms with Crippen LogP contribution in [0.1, 0.15) is 24.0 Å². The normalized spacial score (nSPS) is 11.4. The summed E-state index contributed by atoms with van der Waals surface area (Å²) in [5.74, 6) is 1.02. The lowest BCUT2D eigenvalue weighted by molar-refractivity contribution is -0.0500. The molecule has 4 rings (SSSR count). The van der Waals surface area contributed by atoms with Crippen LogP contribution >= 0.6 is 0 Å². The lowest BCUT2D eigenvalue weighted by Crippen LogP contribution is -2.28. The summed E-state index contributed by atoms with van der Waals surface area (Å²) in [6, 6.07) is 16.7. The summed E-state index contributed by atoms with van der Waals surface area (Å²) in [6.45, 7) is 1.15. The Balaban J connectivity index is 0.000000267. The van der Waals surface area contributed by atoms with Gasteiger partial charge in [-0.15, -0.1) is 0 Å². The number of aromatic nitrogens is 2. The summed E-state index contributed by atoms with van der Waals surface area (Å²) in [5, 5.41) is 10.1. The van der Waals surface area contributed by atoms with Gasteiger partial charge in [0.05, 0.1) is 14.2 Å². The highest BCUT2D eigenvalue weighted by Gasteiger charge is 2.49. The smallest absolute Gasteiger partial charge is 0.506 e. The molecule has 0 radical (unpaired) electrons.